The van der Waals surface area contributed by atoms with E-state index in [9.17, 15) is 9.59 Å². The summed E-state index contributed by atoms with van der Waals surface area (Å²) in [5, 5.41) is 0. The van der Waals surface area contributed by atoms with Crippen LogP contribution in [0.4, 0.5) is 10.5 Å². The first-order valence-corrected chi connectivity index (χ1v) is 11.1. The molecule has 3 aromatic rings. The van der Waals surface area contributed by atoms with Crippen LogP contribution in [0.1, 0.15) is 29.6 Å². The van der Waals surface area contributed by atoms with Crippen LogP contribution in [-0.4, -0.2) is 42.1 Å². The van der Waals surface area contributed by atoms with Gasteiger partial charge in [0.05, 0.1) is 6.54 Å². The number of carbonyl (C=O) groups excluding carboxylic acids is 2. The van der Waals surface area contributed by atoms with E-state index in [1.807, 2.05) is 89.8 Å². The molecular formula is C27H26N2O3. The van der Waals surface area contributed by atoms with Gasteiger partial charge in [0.1, 0.15) is 5.60 Å². The molecule has 162 valence electrons. The average Bonchev–Trinajstić information content (AvgIpc) is 3.03. The average molecular weight is 427 g/mol. The molecule has 0 radical (unpaired) electrons. The lowest BCUT2D eigenvalue weighted by Crippen LogP contribution is -2.37. The Morgan fingerprint density at radius 3 is 2.28 bits per heavy atom. The quantitative estimate of drug-likeness (QED) is 0.565. The van der Waals surface area contributed by atoms with Crippen LogP contribution in [0.5, 0.6) is 0 Å². The monoisotopic (exact) mass is 426 g/mol. The summed E-state index contributed by atoms with van der Waals surface area (Å²) in [5.41, 5.74) is 3.00. The summed E-state index contributed by atoms with van der Waals surface area (Å²) in [6.07, 6.45) is 1.90. The van der Waals surface area contributed by atoms with Gasteiger partial charge in [0.2, 0.25) is 0 Å². The minimum absolute atomic E-state index is 0.0331. The van der Waals surface area contributed by atoms with Crippen molar-refractivity contribution < 1.29 is 14.3 Å². The van der Waals surface area contributed by atoms with E-state index in [-0.39, 0.29) is 12.0 Å². The lowest BCUT2D eigenvalue weighted by molar-refractivity contribution is 0.0439. The zero-order chi connectivity index (χ0) is 22.0. The molecule has 0 unspecified atom stereocenters. The summed E-state index contributed by atoms with van der Waals surface area (Å²) in [6.45, 7) is 1.75. The van der Waals surface area contributed by atoms with Gasteiger partial charge < -0.3 is 9.64 Å². The van der Waals surface area contributed by atoms with E-state index >= 15 is 0 Å². The SMILES string of the molecule is O=C(c1ccccc1-c1ccccc1)N1CCC[C@]2(CC1)CN(c1ccccc1)C(=O)O2. The normalized spacial score (nSPS) is 20.8. The lowest BCUT2D eigenvalue weighted by atomic mass is 9.94. The van der Waals surface area contributed by atoms with Crippen LogP contribution in [-0.2, 0) is 4.74 Å². The van der Waals surface area contributed by atoms with E-state index in [0.29, 0.717) is 31.6 Å². The Hall–Kier alpha value is -3.60. The van der Waals surface area contributed by atoms with Crippen molar-refractivity contribution in [3.8, 4) is 11.1 Å². The molecule has 0 saturated carbocycles. The van der Waals surface area contributed by atoms with E-state index in [1.165, 1.54) is 0 Å². The highest BCUT2D eigenvalue weighted by Gasteiger charge is 2.46. The largest absolute Gasteiger partial charge is 0.441 e. The smallest absolute Gasteiger partial charge is 0.415 e. The van der Waals surface area contributed by atoms with Crippen LogP contribution < -0.4 is 4.90 Å². The molecule has 3 aromatic carbocycles. The standard InChI is InChI=1S/C27H26N2O3/c30-25(24-15-8-7-14-23(24)21-10-3-1-4-11-21)28-18-9-16-27(17-19-28)20-29(26(31)32-27)22-12-5-2-6-13-22/h1-8,10-15H,9,16-20H2/t27-/m0/s1. The molecule has 5 nitrogen and oxygen atoms in total. The van der Waals surface area contributed by atoms with Crippen LogP contribution >= 0.6 is 0 Å². The van der Waals surface area contributed by atoms with Crippen LogP contribution in [0.3, 0.4) is 0 Å². The summed E-state index contributed by atoms with van der Waals surface area (Å²) in [6, 6.07) is 27.4. The predicted octanol–water partition coefficient (Wildman–Crippen LogP) is 5.38. The Labute approximate surface area is 188 Å². The molecule has 0 N–H and O–H groups in total. The highest BCUT2D eigenvalue weighted by atomic mass is 16.6. The van der Waals surface area contributed by atoms with Gasteiger partial charge in [0.25, 0.3) is 5.91 Å². The van der Waals surface area contributed by atoms with Crippen molar-refractivity contribution in [3.63, 3.8) is 0 Å². The van der Waals surface area contributed by atoms with Gasteiger partial charge in [0.15, 0.2) is 0 Å². The fourth-order valence-corrected chi connectivity index (χ4v) is 4.77. The fraction of sp³-hybridized carbons (Fsp3) is 0.259. The van der Waals surface area contributed by atoms with Gasteiger partial charge in [-0.1, -0.05) is 66.7 Å². The molecule has 2 aliphatic rings. The topological polar surface area (TPSA) is 49.9 Å². The molecular weight excluding hydrogens is 400 g/mol. The summed E-state index contributed by atoms with van der Waals surface area (Å²) in [4.78, 5) is 29.8. The van der Waals surface area contributed by atoms with Crippen molar-refractivity contribution in [1.29, 1.82) is 0 Å². The molecule has 1 spiro atoms. The number of carbonyl (C=O) groups is 2. The van der Waals surface area contributed by atoms with Gasteiger partial charge in [0, 0.05) is 30.8 Å². The van der Waals surface area contributed by atoms with Gasteiger partial charge in [-0.25, -0.2) is 4.79 Å². The maximum absolute atomic E-state index is 13.5. The molecule has 2 heterocycles. The van der Waals surface area contributed by atoms with Crippen molar-refractivity contribution in [3.05, 3.63) is 90.5 Å². The number of anilines is 1. The number of hydrogen-bond acceptors (Lipinski definition) is 3. The molecule has 5 heteroatoms. The van der Waals surface area contributed by atoms with E-state index in [0.717, 1.165) is 29.7 Å². The van der Waals surface area contributed by atoms with Gasteiger partial charge in [-0.15, -0.1) is 0 Å². The Morgan fingerprint density at radius 1 is 0.812 bits per heavy atom. The molecule has 32 heavy (non-hydrogen) atoms. The molecule has 2 aliphatic heterocycles. The number of nitrogens with zero attached hydrogens (tertiary/aromatic N) is 2. The second-order valence-electron chi connectivity index (χ2n) is 8.53. The minimum atomic E-state index is -0.541. The first kappa shape index (κ1) is 20.3. The number of benzene rings is 3. The molecule has 2 saturated heterocycles. The molecule has 1 atom stereocenters. The van der Waals surface area contributed by atoms with E-state index in [2.05, 4.69) is 0 Å². The van der Waals surface area contributed by atoms with Crippen molar-refractivity contribution >= 4 is 17.7 Å². The van der Waals surface area contributed by atoms with Crippen molar-refractivity contribution in [1.82, 2.24) is 4.90 Å². The fourth-order valence-electron chi connectivity index (χ4n) is 4.77. The number of amides is 2. The van der Waals surface area contributed by atoms with Gasteiger partial charge >= 0.3 is 6.09 Å². The van der Waals surface area contributed by atoms with Crippen LogP contribution in [0, 0.1) is 0 Å². The van der Waals surface area contributed by atoms with E-state index in [1.54, 1.807) is 4.90 Å². The summed E-state index contributed by atoms with van der Waals surface area (Å²) < 4.78 is 5.91. The highest BCUT2D eigenvalue weighted by Crippen LogP contribution is 2.36. The van der Waals surface area contributed by atoms with Crippen LogP contribution in [0.2, 0.25) is 0 Å². The van der Waals surface area contributed by atoms with Crippen molar-refractivity contribution in [2.24, 2.45) is 0 Å². The van der Waals surface area contributed by atoms with Crippen LogP contribution in [0.15, 0.2) is 84.9 Å². The predicted molar refractivity (Wildman–Crippen MR) is 125 cm³/mol. The summed E-state index contributed by atoms with van der Waals surface area (Å²) in [5.74, 6) is 0.0331. The third-order valence-electron chi connectivity index (χ3n) is 6.47. The number of para-hydroxylation sites is 1. The second-order valence-corrected chi connectivity index (χ2v) is 8.53. The third kappa shape index (κ3) is 3.86. The molecule has 0 bridgehead atoms. The third-order valence-corrected chi connectivity index (χ3v) is 6.47. The maximum atomic E-state index is 13.5. The lowest BCUT2D eigenvalue weighted by Gasteiger charge is -2.26. The maximum Gasteiger partial charge on any atom is 0.415 e. The Balaban J connectivity index is 1.34. The summed E-state index contributed by atoms with van der Waals surface area (Å²) in [7, 11) is 0. The molecule has 2 amide bonds. The first-order chi connectivity index (χ1) is 15.7. The minimum Gasteiger partial charge on any atom is -0.441 e. The van der Waals surface area contributed by atoms with Gasteiger partial charge in [-0.05, 0) is 42.2 Å². The number of likely N-dealkylation sites (tertiary alicyclic amines) is 1. The Morgan fingerprint density at radius 2 is 1.50 bits per heavy atom. The van der Waals surface area contributed by atoms with Crippen LogP contribution in [0.25, 0.3) is 11.1 Å². The van der Waals surface area contributed by atoms with E-state index in [4.69, 9.17) is 4.74 Å². The zero-order valence-corrected chi connectivity index (χ0v) is 17.9. The molecule has 0 aliphatic carbocycles. The number of rotatable bonds is 3. The Bertz CT molecular complexity index is 1120. The van der Waals surface area contributed by atoms with Crippen molar-refractivity contribution in [2.75, 3.05) is 24.5 Å². The zero-order valence-electron chi connectivity index (χ0n) is 17.9. The molecule has 5 rings (SSSR count). The van der Waals surface area contributed by atoms with E-state index < -0.39 is 5.60 Å². The van der Waals surface area contributed by atoms with Gasteiger partial charge in [-0.3, -0.25) is 9.69 Å². The Kier molecular flexibility index (Phi) is 5.39. The molecule has 2 fully saturated rings. The number of ether oxygens (including phenoxy) is 1. The highest BCUT2D eigenvalue weighted by molar-refractivity contribution is 6.01. The molecule has 0 aromatic heterocycles. The number of hydrogen-bond donors (Lipinski definition) is 0. The summed E-state index contributed by atoms with van der Waals surface area (Å²) >= 11 is 0. The van der Waals surface area contributed by atoms with Crippen molar-refractivity contribution in [2.45, 2.75) is 24.9 Å². The van der Waals surface area contributed by atoms with Gasteiger partial charge in [-0.2, -0.15) is 0 Å². The first-order valence-electron chi connectivity index (χ1n) is 11.1. The second kappa shape index (κ2) is 8.50.